The van der Waals surface area contributed by atoms with Gasteiger partial charge in [-0.15, -0.1) is 0 Å². The molecule has 4 rings (SSSR count). The third-order valence-electron chi connectivity index (χ3n) is 5.66. The fraction of sp³-hybridized carbons (Fsp3) is 0.500. The van der Waals surface area contributed by atoms with Gasteiger partial charge in [-0.1, -0.05) is 11.6 Å². The number of carbonyl (C=O) groups excluding carboxylic acids is 2. The van der Waals surface area contributed by atoms with Crippen molar-refractivity contribution >= 4 is 29.1 Å². The van der Waals surface area contributed by atoms with Crippen molar-refractivity contribution in [3.8, 4) is 0 Å². The SMILES string of the molecule is O=C(Nc1ccnc(Cl)c1)[C@H]1CCN(C(=O)C[N+](=O)C2(c3cn[nH]n3)CC(F)(F)C2)C1. The average molecular weight is 455 g/mol. The summed E-state index contributed by atoms with van der Waals surface area (Å²) in [6.45, 7) is -0.198. The number of amides is 2. The molecule has 31 heavy (non-hydrogen) atoms. The Balaban J connectivity index is 1.36. The van der Waals surface area contributed by atoms with E-state index in [9.17, 15) is 23.3 Å². The van der Waals surface area contributed by atoms with Crippen molar-refractivity contribution in [3.63, 3.8) is 0 Å². The summed E-state index contributed by atoms with van der Waals surface area (Å²) in [6.07, 6.45) is 1.62. The third kappa shape index (κ3) is 4.24. The lowest BCUT2D eigenvalue weighted by Gasteiger charge is -2.38. The van der Waals surface area contributed by atoms with Crippen molar-refractivity contribution in [2.24, 2.45) is 5.92 Å². The predicted octanol–water partition coefficient (Wildman–Crippen LogP) is 1.74. The van der Waals surface area contributed by atoms with Gasteiger partial charge in [0.1, 0.15) is 5.15 Å². The zero-order valence-electron chi connectivity index (χ0n) is 16.2. The van der Waals surface area contributed by atoms with Gasteiger partial charge in [0, 0.05) is 34.6 Å². The second-order valence-corrected chi connectivity index (χ2v) is 8.20. The van der Waals surface area contributed by atoms with E-state index in [4.69, 9.17) is 11.6 Å². The van der Waals surface area contributed by atoms with Crippen LogP contribution in [0.4, 0.5) is 14.5 Å². The monoisotopic (exact) mass is 454 g/mol. The number of halogens is 3. The summed E-state index contributed by atoms with van der Waals surface area (Å²) in [5, 5.41) is 12.6. The highest BCUT2D eigenvalue weighted by Gasteiger charge is 2.69. The Morgan fingerprint density at radius 2 is 2.16 bits per heavy atom. The van der Waals surface area contributed by atoms with Gasteiger partial charge in [-0.3, -0.25) is 9.59 Å². The molecule has 1 atom stereocenters. The zero-order chi connectivity index (χ0) is 22.2. The normalized spacial score (nSPS) is 21.4. The number of nitroso groups, excluding NO2 is 1. The van der Waals surface area contributed by atoms with Crippen LogP contribution in [0.1, 0.15) is 25.0 Å². The minimum absolute atomic E-state index is 0.0795. The van der Waals surface area contributed by atoms with Crippen molar-refractivity contribution < 1.29 is 23.1 Å². The fourth-order valence-electron chi connectivity index (χ4n) is 4.01. The van der Waals surface area contributed by atoms with Crippen LogP contribution in [-0.4, -0.2) is 67.4 Å². The molecule has 0 aromatic carbocycles. The number of carbonyl (C=O) groups is 2. The second-order valence-electron chi connectivity index (χ2n) is 7.81. The standard InChI is InChI=1S/C18H18ClF2N7O3/c19-14-5-12(1-3-22-14)24-16(30)11-2-4-27(7-11)15(29)8-28(31)17(9-18(20,21)10-17)13-6-23-26-25-13/h1,3,5-6,11H,2,4,7-10H2,(H-,22,23,24,25,26,30)/p+1/t11-/m0/s1. The smallest absolute Gasteiger partial charge is 0.292 e. The third-order valence-corrected chi connectivity index (χ3v) is 5.86. The zero-order valence-corrected chi connectivity index (χ0v) is 17.0. The number of pyridine rings is 1. The lowest BCUT2D eigenvalue weighted by Crippen LogP contribution is -2.57. The minimum atomic E-state index is -3.00. The van der Waals surface area contributed by atoms with Gasteiger partial charge < -0.3 is 10.2 Å². The summed E-state index contributed by atoms with van der Waals surface area (Å²) >= 11 is 5.80. The fourth-order valence-corrected chi connectivity index (χ4v) is 4.19. The van der Waals surface area contributed by atoms with Crippen LogP contribution in [0.2, 0.25) is 5.15 Å². The number of anilines is 1. The quantitative estimate of drug-likeness (QED) is 0.506. The molecule has 0 radical (unpaired) electrons. The first-order valence-electron chi connectivity index (χ1n) is 9.58. The van der Waals surface area contributed by atoms with Gasteiger partial charge in [-0.05, 0) is 18.6 Å². The van der Waals surface area contributed by atoms with Gasteiger partial charge in [-0.25, -0.2) is 13.8 Å². The maximum Gasteiger partial charge on any atom is 0.292 e. The molecule has 1 saturated carbocycles. The topological polar surface area (TPSA) is 124 Å². The molecule has 0 bridgehead atoms. The predicted molar refractivity (Wildman–Crippen MR) is 103 cm³/mol. The number of H-pyrrole nitrogens is 1. The van der Waals surface area contributed by atoms with E-state index < -0.39 is 42.7 Å². The molecule has 13 heteroatoms. The molecular formula is C18H19ClF2N7O3+. The van der Waals surface area contributed by atoms with Gasteiger partial charge >= 0.3 is 0 Å². The van der Waals surface area contributed by atoms with E-state index in [1.54, 1.807) is 6.07 Å². The summed E-state index contributed by atoms with van der Waals surface area (Å²) < 4.78 is 27.5. The number of rotatable bonds is 6. The lowest BCUT2D eigenvalue weighted by molar-refractivity contribution is -0.656. The van der Waals surface area contributed by atoms with Crippen LogP contribution in [0.15, 0.2) is 24.5 Å². The van der Waals surface area contributed by atoms with Crippen molar-refractivity contribution in [2.75, 3.05) is 25.0 Å². The Morgan fingerprint density at radius 3 is 2.81 bits per heavy atom. The van der Waals surface area contributed by atoms with Crippen LogP contribution in [0.3, 0.4) is 0 Å². The molecule has 164 valence electrons. The van der Waals surface area contributed by atoms with Crippen molar-refractivity contribution in [1.29, 1.82) is 0 Å². The van der Waals surface area contributed by atoms with E-state index in [2.05, 4.69) is 25.7 Å². The first-order chi connectivity index (χ1) is 14.7. The van der Waals surface area contributed by atoms with Crippen LogP contribution < -0.4 is 5.32 Å². The number of hydrogen-bond donors (Lipinski definition) is 2. The van der Waals surface area contributed by atoms with Gasteiger partial charge in [0.25, 0.3) is 23.9 Å². The first kappa shape index (κ1) is 21.2. The lowest BCUT2D eigenvalue weighted by atomic mass is 9.71. The maximum absolute atomic E-state index is 13.6. The maximum atomic E-state index is 13.6. The molecule has 10 nitrogen and oxygen atoms in total. The van der Waals surface area contributed by atoms with Crippen molar-refractivity contribution in [3.05, 3.63) is 40.3 Å². The molecule has 3 heterocycles. The molecule has 2 aromatic heterocycles. The van der Waals surface area contributed by atoms with E-state index in [1.165, 1.54) is 23.4 Å². The number of aromatic amines is 1. The number of aromatic nitrogens is 4. The molecular weight excluding hydrogens is 436 g/mol. The highest BCUT2D eigenvalue weighted by molar-refractivity contribution is 6.29. The van der Waals surface area contributed by atoms with Gasteiger partial charge in [0.05, 0.1) is 25.0 Å². The Hall–Kier alpha value is -3.02. The Kier molecular flexibility index (Phi) is 5.42. The van der Waals surface area contributed by atoms with E-state index >= 15 is 0 Å². The van der Waals surface area contributed by atoms with Crippen LogP contribution in [0, 0.1) is 10.8 Å². The number of likely N-dealkylation sites (tertiary alicyclic amines) is 1. The van der Waals surface area contributed by atoms with Gasteiger partial charge in [-0.2, -0.15) is 15.4 Å². The van der Waals surface area contributed by atoms with Crippen LogP contribution >= 0.6 is 11.6 Å². The largest absolute Gasteiger partial charge is 0.336 e. The number of nitrogens with zero attached hydrogens (tertiary/aromatic N) is 5. The molecule has 2 N–H and O–H groups in total. The van der Waals surface area contributed by atoms with Crippen molar-refractivity contribution in [1.82, 2.24) is 25.3 Å². The average Bonchev–Trinajstić information content (AvgIpc) is 3.38. The Bertz CT molecular complexity index is 1010. The van der Waals surface area contributed by atoms with E-state index in [0.29, 0.717) is 16.9 Å². The molecule has 2 aromatic rings. The summed E-state index contributed by atoms with van der Waals surface area (Å²) in [5.41, 5.74) is -1.03. The van der Waals surface area contributed by atoms with E-state index in [0.717, 1.165) is 0 Å². The minimum Gasteiger partial charge on any atom is -0.336 e. The molecule has 0 spiro atoms. The molecule has 2 amide bonds. The summed E-state index contributed by atoms with van der Waals surface area (Å²) in [6, 6.07) is 3.10. The van der Waals surface area contributed by atoms with Gasteiger partial charge in [0.15, 0.2) is 5.69 Å². The van der Waals surface area contributed by atoms with Crippen LogP contribution in [0.5, 0.6) is 0 Å². The molecule has 1 saturated heterocycles. The number of hydrogen-bond acceptors (Lipinski definition) is 6. The second kappa shape index (κ2) is 7.91. The number of alkyl halides is 2. The summed E-state index contributed by atoms with van der Waals surface area (Å²) in [7, 11) is 0. The van der Waals surface area contributed by atoms with Gasteiger partial charge in [0.2, 0.25) is 5.91 Å². The van der Waals surface area contributed by atoms with E-state index in [-0.39, 0.29) is 29.8 Å². The highest BCUT2D eigenvalue weighted by atomic mass is 35.5. The Labute approximate surface area is 179 Å². The summed E-state index contributed by atoms with van der Waals surface area (Å²) in [5.74, 6) is -4.28. The first-order valence-corrected chi connectivity index (χ1v) is 9.95. The molecule has 2 fully saturated rings. The highest BCUT2D eigenvalue weighted by Crippen LogP contribution is 2.53. The molecule has 2 aliphatic rings. The Morgan fingerprint density at radius 1 is 1.39 bits per heavy atom. The number of nitrogens with one attached hydrogen (secondary N) is 2. The van der Waals surface area contributed by atoms with E-state index in [1.807, 2.05) is 0 Å². The molecule has 1 aliphatic carbocycles. The summed E-state index contributed by atoms with van der Waals surface area (Å²) in [4.78, 5) is 43.1. The van der Waals surface area contributed by atoms with Crippen LogP contribution in [-0.2, 0) is 15.1 Å². The van der Waals surface area contributed by atoms with Crippen molar-refractivity contribution in [2.45, 2.75) is 30.7 Å². The van der Waals surface area contributed by atoms with Crippen LogP contribution in [0.25, 0.3) is 0 Å². The molecule has 0 unspecified atom stereocenters. The molecule has 1 aliphatic heterocycles.